The Morgan fingerprint density at radius 3 is 3.11 bits per heavy atom. The molecule has 1 heterocycles. The van der Waals surface area contributed by atoms with Crippen LogP contribution < -0.4 is 4.74 Å². The molecule has 18 heavy (non-hydrogen) atoms. The van der Waals surface area contributed by atoms with Crippen LogP contribution >= 0.6 is 0 Å². The van der Waals surface area contributed by atoms with Gasteiger partial charge in [0, 0.05) is 25.2 Å². The molecular weight excluding hydrogens is 228 g/mol. The van der Waals surface area contributed by atoms with E-state index in [9.17, 15) is 0 Å². The minimum absolute atomic E-state index is 0.311. The molecule has 0 radical (unpaired) electrons. The highest BCUT2D eigenvalue weighted by Gasteiger charge is 2.20. The summed E-state index contributed by atoms with van der Waals surface area (Å²) in [5.74, 6) is 0.903. The molecule has 96 valence electrons. The summed E-state index contributed by atoms with van der Waals surface area (Å²) in [6.07, 6.45) is -0.311. The van der Waals surface area contributed by atoms with Crippen LogP contribution in [0.4, 0.5) is 0 Å². The zero-order valence-electron chi connectivity index (χ0n) is 10.8. The monoisotopic (exact) mass is 246 g/mol. The topological polar surface area (TPSA) is 45.5 Å². The van der Waals surface area contributed by atoms with Crippen LogP contribution in [0.2, 0.25) is 0 Å². The highest BCUT2D eigenvalue weighted by Crippen LogP contribution is 2.22. The Bertz CT molecular complexity index is 454. The molecule has 4 heteroatoms. The van der Waals surface area contributed by atoms with E-state index in [2.05, 4.69) is 24.0 Å². The summed E-state index contributed by atoms with van der Waals surface area (Å²) >= 11 is 0. The number of nitriles is 1. The number of hydrogen-bond donors (Lipinski definition) is 0. The van der Waals surface area contributed by atoms with Gasteiger partial charge in [0.05, 0.1) is 19.8 Å². The van der Waals surface area contributed by atoms with Gasteiger partial charge in [0.1, 0.15) is 5.75 Å². The molecule has 0 saturated carbocycles. The van der Waals surface area contributed by atoms with Crippen molar-refractivity contribution >= 4 is 0 Å². The molecule has 0 aliphatic carbocycles. The van der Waals surface area contributed by atoms with Crippen LogP contribution in [0.15, 0.2) is 18.2 Å². The number of ether oxygens (including phenoxy) is 2. The maximum atomic E-state index is 8.89. The predicted octanol–water partition coefficient (Wildman–Crippen LogP) is 1.73. The van der Waals surface area contributed by atoms with Crippen molar-refractivity contribution < 1.29 is 9.47 Å². The molecule has 0 N–H and O–H groups in total. The summed E-state index contributed by atoms with van der Waals surface area (Å²) in [4.78, 5) is 2.23. The SMILES string of the molecule is COc1ccc(C)cc1CN1CCOC(C#N)C1. The van der Waals surface area contributed by atoms with Crippen molar-refractivity contribution in [3.8, 4) is 11.8 Å². The molecule has 1 unspecified atom stereocenters. The summed E-state index contributed by atoms with van der Waals surface area (Å²) in [5.41, 5.74) is 2.38. The standard InChI is InChI=1S/C14H18N2O2/c1-11-3-4-14(17-2)12(7-11)9-16-5-6-18-13(8-15)10-16/h3-4,7,13H,5-6,9-10H2,1-2H3. The lowest BCUT2D eigenvalue weighted by atomic mass is 10.1. The van der Waals surface area contributed by atoms with Crippen molar-refractivity contribution in [2.75, 3.05) is 26.8 Å². The van der Waals surface area contributed by atoms with E-state index in [1.54, 1.807) is 7.11 Å². The van der Waals surface area contributed by atoms with Crippen LogP contribution in [0.5, 0.6) is 5.75 Å². The predicted molar refractivity (Wildman–Crippen MR) is 68.4 cm³/mol. The molecule has 0 aromatic heterocycles. The van der Waals surface area contributed by atoms with Crippen LogP contribution in [-0.2, 0) is 11.3 Å². The second kappa shape index (κ2) is 5.85. The Hall–Kier alpha value is -1.57. The van der Waals surface area contributed by atoms with E-state index >= 15 is 0 Å². The number of morpholine rings is 1. The summed E-state index contributed by atoms with van der Waals surface area (Å²) < 4.78 is 10.7. The molecule has 0 spiro atoms. The third-order valence-electron chi connectivity index (χ3n) is 3.12. The second-order valence-electron chi connectivity index (χ2n) is 4.54. The maximum absolute atomic E-state index is 8.89. The normalized spacial score (nSPS) is 20.4. The number of nitrogens with zero attached hydrogens (tertiary/aromatic N) is 2. The molecule has 1 fully saturated rings. The number of rotatable bonds is 3. The van der Waals surface area contributed by atoms with Crippen LogP contribution in [0.3, 0.4) is 0 Å². The van der Waals surface area contributed by atoms with Gasteiger partial charge >= 0.3 is 0 Å². The highest BCUT2D eigenvalue weighted by atomic mass is 16.5. The lowest BCUT2D eigenvalue weighted by Gasteiger charge is -2.30. The zero-order chi connectivity index (χ0) is 13.0. The van der Waals surface area contributed by atoms with Crippen LogP contribution in [0.25, 0.3) is 0 Å². The second-order valence-corrected chi connectivity index (χ2v) is 4.54. The van der Waals surface area contributed by atoms with Gasteiger partial charge in [0.15, 0.2) is 6.10 Å². The molecule has 2 rings (SSSR count). The average Bonchev–Trinajstić information content (AvgIpc) is 2.39. The first-order valence-corrected chi connectivity index (χ1v) is 6.10. The van der Waals surface area contributed by atoms with Gasteiger partial charge in [0.2, 0.25) is 0 Å². The van der Waals surface area contributed by atoms with Crippen molar-refractivity contribution in [1.82, 2.24) is 4.90 Å². The fourth-order valence-electron chi connectivity index (χ4n) is 2.20. The Balaban J connectivity index is 2.09. The van der Waals surface area contributed by atoms with E-state index in [-0.39, 0.29) is 6.10 Å². The smallest absolute Gasteiger partial charge is 0.156 e. The molecule has 1 aliphatic rings. The fraction of sp³-hybridized carbons (Fsp3) is 0.500. The molecule has 0 bridgehead atoms. The molecule has 0 amide bonds. The van der Waals surface area contributed by atoms with Gasteiger partial charge in [-0.3, -0.25) is 4.90 Å². The number of methoxy groups -OCH3 is 1. The van der Waals surface area contributed by atoms with Crippen molar-refractivity contribution in [2.45, 2.75) is 19.6 Å². The number of aryl methyl sites for hydroxylation is 1. The molecular formula is C14H18N2O2. The highest BCUT2D eigenvalue weighted by molar-refractivity contribution is 5.36. The minimum Gasteiger partial charge on any atom is -0.496 e. The van der Waals surface area contributed by atoms with Gasteiger partial charge in [-0.05, 0) is 13.0 Å². The van der Waals surface area contributed by atoms with E-state index in [0.717, 1.165) is 24.4 Å². The van der Waals surface area contributed by atoms with E-state index in [4.69, 9.17) is 14.7 Å². The van der Waals surface area contributed by atoms with Crippen LogP contribution in [0, 0.1) is 18.3 Å². The largest absolute Gasteiger partial charge is 0.496 e. The Kier molecular flexibility index (Phi) is 4.19. The Morgan fingerprint density at radius 1 is 1.56 bits per heavy atom. The van der Waals surface area contributed by atoms with Gasteiger partial charge in [0.25, 0.3) is 0 Å². The zero-order valence-corrected chi connectivity index (χ0v) is 10.8. The van der Waals surface area contributed by atoms with Gasteiger partial charge < -0.3 is 9.47 Å². The molecule has 1 saturated heterocycles. The van der Waals surface area contributed by atoms with Crippen LogP contribution in [0.1, 0.15) is 11.1 Å². The Morgan fingerprint density at radius 2 is 2.39 bits per heavy atom. The van der Waals surface area contributed by atoms with Gasteiger partial charge in [-0.25, -0.2) is 0 Å². The van der Waals surface area contributed by atoms with Crippen molar-refractivity contribution in [1.29, 1.82) is 5.26 Å². The van der Waals surface area contributed by atoms with E-state index in [1.807, 2.05) is 12.1 Å². The molecule has 1 aromatic rings. The average molecular weight is 246 g/mol. The van der Waals surface area contributed by atoms with E-state index in [1.165, 1.54) is 5.56 Å². The van der Waals surface area contributed by atoms with Crippen molar-refractivity contribution in [2.24, 2.45) is 0 Å². The Labute approximate surface area is 108 Å². The summed E-state index contributed by atoms with van der Waals surface area (Å²) in [6.45, 7) is 5.00. The number of benzene rings is 1. The first kappa shape index (κ1) is 12.9. The first-order valence-electron chi connectivity index (χ1n) is 6.10. The number of hydrogen-bond acceptors (Lipinski definition) is 4. The summed E-state index contributed by atoms with van der Waals surface area (Å²) in [7, 11) is 1.69. The molecule has 1 aliphatic heterocycles. The van der Waals surface area contributed by atoms with Crippen molar-refractivity contribution in [3.63, 3.8) is 0 Å². The molecule has 1 atom stereocenters. The maximum Gasteiger partial charge on any atom is 0.156 e. The summed E-state index contributed by atoms with van der Waals surface area (Å²) in [6, 6.07) is 8.33. The lowest BCUT2D eigenvalue weighted by Crippen LogP contribution is -2.41. The molecule has 4 nitrogen and oxygen atoms in total. The van der Waals surface area contributed by atoms with Crippen LogP contribution in [-0.4, -0.2) is 37.8 Å². The lowest BCUT2D eigenvalue weighted by molar-refractivity contribution is -0.00291. The first-order chi connectivity index (χ1) is 8.72. The van der Waals surface area contributed by atoms with Gasteiger partial charge in [-0.1, -0.05) is 17.7 Å². The van der Waals surface area contributed by atoms with Gasteiger partial charge in [-0.2, -0.15) is 5.26 Å². The minimum atomic E-state index is -0.311. The quantitative estimate of drug-likeness (QED) is 0.814. The molecule has 1 aromatic carbocycles. The summed E-state index contributed by atoms with van der Waals surface area (Å²) in [5, 5.41) is 8.89. The fourth-order valence-corrected chi connectivity index (χ4v) is 2.20. The van der Waals surface area contributed by atoms with E-state index in [0.29, 0.717) is 13.2 Å². The third-order valence-corrected chi connectivity index (χ3v) is 3.12. The third kappa shape index (κ3) is 3.00. The van der Waals surface area contributed by atoms with Crippen molar-refractivity contribution in [3.05, 3.63) is 29.3 Å². The van der Waals surface area contributed by atoms with E-state index < -0.39 is 0 Å². The van der Waals surface area contributed by atoms with Gasteiger partial charge in [-0.15, -0.1) is 0 Å².